The minimum absolute atomic E-state index is 0.227. The lowest BCUT2D eigenvalue weighted by Gasteiger charge is -2.19. The quantitative estimate of drug-likeness (QED) is 0.859. The third kappa shape index (κ3) is 3.01. The van der Waals surface area contributed by atoms with Gasteiger partial charge < -0.3 is 5.32 Å². The second-order valence-corrected chi connectivity index (χ2v) is 6.66. The van der Waals surface area contributed by atoms with Gasteiger partial charge in [-0.3, -0.25) is 0 Å². The summed E-state index contributed by atoms with van der Waals surface area (Å²) in [5, 5.41) is 5.42. The molecular weight excluding hydrogens is 238 g/mol. The number of thiophene rings is 1. The summed E-state index contributed by atoms with van der Waals surface area (Å²) < 4.78 is 0. The van der Waals surface area contributed by atoms with Crippen LogP contribution in [0, 0.1) is 0 Å². The van der Waals surface area contributed by atoms with Crippen molar-refractivity contribution >= 4 is 11.3 Å². The Bertz CT molecular complexity index is 503. The van der Waals surface area contributed by atoms with Gasteiger partial charge in [0, 0.05) is 11.4 Å². The smallest absolute Gasteiger partial charge is 0.0296 e. The van der Waals surface area contributed by atoms with Gasteiger partial charge in [0.25, 0.3) is 0 Å². The SMILES string of the molecule is CNCc1cc(-c2ccc(C(C)(C)C)cc2)cs1. The Morgan fingerprint density at radius 3 is 2.28 bits per heavy atom. The van der Waals surface area contributed by atoms with E-state index in [1.54, 1.807) is 0 Å². The maximum absolute atomic E-state index is 3.19. The number of hydrogen-bond donors (Lipinski definition) is 1. The summed E-state index contributed by atoms with van der Waals surface area (Å²) in [4.78, 5) is 1.38. The predicted octanol–water partition coefficient (Wildman–Crippen LogP) is 4.43. The Morgan fingerprint density at radius 2 is 1.72 bits per heavy atom. The van der Waals surface area contributed by atoms with Crippen LogP contribution in [0.25, 0.3) is 11.1 Å². The molecule has 0 atom stereocenters. The molecule has 0 spiro atoms. The molecule has 96 valence electrons. The van der Waals surface area contributed by atoms with Crippen LogP contribution in [0.4, 0.5) is 0 Å². The van der Waals surface area contributed by atoms with Crippen LogP contribution >= 0.6 is 11.3 Å². The van der Waals surface area contributed by atoms with E-state index in [2.05, 4.69) is 61.8 Å². The van der Waals surface area contributed by atoms with Crippen molar-refractivity contribution < 1.29 is 0 Å². The molecule has 18 heavy (non-hydrogen) atoms. The molecule has 0 saturated carbocycles. The summed E-state index contributed by atoms with van der Waals surface area (Å²) in [7, 11) is 1.98. The Morgan fingerprint density at radius 1 is 1.06 bits per heavy atom. The van der Waals surface area contributed by atoms with Gasteiger partial charge in [0.05, 0.1) is 0 Å². The first-order valence-corrected chi connectivity index (χ1v) is 7.21. The Labute approximate surface area is 114 Å². The summed E-state index contributed by atoms with van der Waals surface area (Å²) in [6, 6.07) is 11.2. The second-order valence-electron chi connectivity index (χ2n) is 5.66. The van der Waals surface area contributed by atoms with E-state index in [1.807, 2.05) is 18.4 Å². The topological polar surface area (TPSA) is 12.0 Å². The van der Waals surface area contributed by atoms with Gasteiger partial charge in [-0.2, -0.15) is 0 Å². The lowest BCUT2D eigenvalue weighted by Crippen LogP contribution is -2.10. The average molecular weight is 259 g/mol. The summed E-state index contributed by atoms with van der Waals surface area (Å²) in [5.41, 5.74) is 4.24. The van der Waals surface area contributed by atoms with Crippen LogP contribution in [0.1, 0.15) is 31.2 Å². The van der Waals surface area contributed by atoms with Gasteiger partial charge in [-0.05, 0) is 40.6 Å². The Hall–Kier alpha value is -1.12. The largest absolute Gasteiger partial charge is 0.315 e. The van der Waals surface area contributed by atoms with Crippen molar-refractivity contribution in [2.75, 3.05) is 7.05 Å². The maximum atomic E-state index is 3.19. The summed E-state index contributed by atoms with van der Waals surface area (Å²) in [6.45, 7) is 7.69. The van der Waals surface area contributed by atoms with E-state index in [0.29, 0.717) is 0 Å². The minimum atomic E-state index is 0.227. The van der Waals surface area contributed by atoms with Crippen LogP contribution in [0.3, 0.4) is 0 Å². The number of nitrogens with one attached hydrogen (secondary N) is 1. The summed E-state index contributed by atoms with van der Waals surface area (Å²) in [6.07, 6.45) is 0. The number of rotatable bonds is 3. The fourth-order valence-corrected chi connectivity index (χ4v) is 2.87. The third-order valence-electron chi connectivity index (χ3n) is 3.09. The second kappa shape index (κ2) is 5.25. The van der Waals surface area contributed by atoms with E-state index in [9.17, 15) is 0 Å². The van der Waals surface area contributed by atoms with Gasteiger partial charge in [0.1, 0.15) is 0 Å². The van der Waals surface area contributed by atoms with Crippen molar-refractivity contribution in [1.29, 1.82) is 0 Å². The lowest BCUT2D eigenvalue weighted by atomic mass is 9.86. The van der Waals surface area contributed by atoms with Gasteiger partial charge >= 0.3 is 0 Å². The van der Waals surface area contributed by atoms with Crippen molar-refractivity contribution in [3.05, 3.63) is 46.2 Å². The molecule has 0 unspecified atom stereocenters. The third-order valence-corrected chi connectivity index (χ3v) is 4.03. The van der Waals surface area contributed by atoms with Crippen LogP contribution < -0.4 is 5.32 Å². The molecule has 2 heteroatoms. The fraction of sp³-hybridized carbons (Fsp3) is 0.375. The first-order valence-electron chi connectivity index (χ1n) is 6.33. The fourth-order valence-electron chi connectivity index (χ4n) is 1.96. The molecule has 0 fully saturated rings. The Balaban J connectivity index is 2.23. The molecule has 1 heterocycles. The average Bonchev–Trinajstić information content (AvgIpc) is 2.77. The standard InChI is InChI=1S/C16H21NS/c1-16(2,3)14-7-5-12(6-8-14)13-9-15(10-17-4)18-11-13/h5-9,11,17H,10H2,1-4H3. The molecule has 0 aliphatic rings. The first kappa shape index (κ1) is 13.3. The molecule has 0 aliphatic heterocycles. The Kier molecular flexibility index (Phi) is 3.88. The molecular formula is C16H21NS. The zero-order chi connectivity index (χ0) is 13.2. The van der Waals surface area contributed by atoms with Crippen molar-refractivity contribution in [1.82, 2.24) is 5.32 Å². The van der Waals surface area contributed by atoms with Crippen molar-refractivity contribution in [3.8, 4) is 11.1 Å². The minimum Gasteiger partial charge on any atom is -0.315 e. The molecule has 0 saturated heterocycles. The van der Waals surface area contributed by atoms with Crippen LogP contribution in [0.15, 0.2) is 35.7 Å². The number of hydrogen-bond acceptors (Lipinski definition) is 2. The summed E-state index contributed by atoms with van der Waals surface area (Å²) >= 11 is 1.82. The molecule has 2 aromatic rings. The monoisotopic (exact) mass is 259 g/mol. The molecule has 1 nitrogen and oxygen atoms in total. The van der Waals surface area contributed by atoms with E-state index in [0.717, 1.165) is 6.54 Å². The molecule has 0 amide bonds. The van der Waals surface area contributed by atoms with Crippen molar-refractivity contribution in [2.24, 2.45) is 0 Å². The van der Waals surface area contributed by atoms with Gasteiger partial charge in [0.15, 0.2) is 0 Å². The highest BCUT2D eigenvalue weighted by molar-refractivity contribution is 7.10. The molecule has 1 N–H and O–H groups in total. The van der Waals surface area contributed by atoms with Crippen LogP contribution in [-0.4, -0.2) is 7.05 Å². The molecule has 1 aromatic heterocycles. The maximum Gasteiger partial charge on any atom is 0.0296 e. The van der Waals surface area contributed by atoms with Gasteiger partial charge in [-0.25, -0.2) is 0 Å². The van der Waals surface area contributed by atoms with E-state index in [-0.39, 0.29) is 5.41 Å². The molecule has 1 aromatic carbocycles. The van der Waals surface area contributed by atoms with E-state index < -0.39 is 0 Å². The predicted molar refractivity (Wildman–Crippen MR) is 81.2 cm³/mol. The lowest BCUT2D eigenvalue weighted by molar-refractivity contribution is 0.590. The van der Waals surface area contributed by atoms with E-state index in [4.69, 9.17) is 0 Å². The molecule has 0 radical (unpaired) electrons. The zero-order valence-corrected chi connectivity index (χ0v) is 12.4. The van der Waals surface area contributed by atoms with Gasteiger partial charge in [0.2, 0.25) is 0 Å². The van der Waals surface area contributed by atoms with Crippen LogP contribution in [-0.2, 0) is 12.0 Å². The van der Waals surface area contributed by atoms with Crippen LogP contribution in [0.2, 0.25) is 0 Å². The van der Waals surface area contributed by atoms with Crippen molar-refractivity contribution in [3.63, 3.8) is 0 Å². The molecule has 0 bridgehead atoms. The zero-order valence-electron chi connectivity index (χ0n) is 11.6. The highest BCUT2D eigenvalue weighted by Gasteiger charge is 2.13. The number of benzene rings is 1. The first-order chi connectivity index (χ1) is 8.50. The van der Waals surface area contributed by atoms with Crippen molar-refractivity contribution in [2.45, 2.75) is 32.7 Å². The highest BCUT2D eigenvalue weighted by atomic mass is 32.1. The highest BCUT2D eigenvalue weighted by Crippen LogP contribution is 2.28. The molecule has 0 aliphatic carbocycles. The van der Waals surface area contributed by atoms with E-state index >= 15 is 0 Å². The van der Waals surface area contributed by atoms with Gasteiger partial charge in [-0.1, -0.05) is 45.0 Å². The normalized spacial score (nSPS) is 11.8. The molecule has 2 rings (SSSR count). The summed E-state index contributed by atoms with van der Waals surface area (Å²) in [5.74, 6) is 0. The van der Waals surface area contributed by atoms with Crippen LogP contribution in [0.5, 0.6) is 0 Å². The van der Waals surface area contributed by atoms with Gasteiger partial charge in [-0.15, -0.1) is 11.3 Å². The van der Waals surface area contributed by atoms with E-state index in [1.165, 1.54) is 21.6 Å².